The second-order valence-corrected chi connectivity index (χ2v) is 8.48. The van der Waals surface area contributed by atoms with Gasteiger partial charge in [0.2, 0.25) is 6.10 Å². The molecule has 0 saturated heterocycles. The van der Waals surface area contributed by atoms with Crippen molar-refractivity contribution in [3.8, 4) is 11.5 Å². The van der Waals surface area contributed by atoms with Crippen LogP contribution in [0, 0.1) is 0 Å². The second kappa shape index (κ2) is 9.07. The van der Waals surface area contributed by atoms with Crippen molar-refractivity contribution < 1.29 is 14.3 Å². The van der Waals surface area contributed by atoms with E-state index in [1.807, 2.05) is 36.4 Å². The van der Waals surface area contributed by atoms with Crippen molar-refractivity contribution in [2.45, 2.75) is 19.2 Å². The number of halogens is 1. The number of hydrogen-bond acceptors (Lipinski definition) is 6. The Kier molecular flexibility index (Phi) is 5.82. The minimum absolute atomic E-state index is 0.146. The van der Waals surface area contributed by atoms with E-state index in [0.29, 0.717) is 42.2 Å². The number of carbonyl (C=O) groups excluding carboxylic acids is 1. The minimum atomic E-state index is -0.724. The Labute approximate surface area is 197 Å². The number of amides is 1. The number of nitrogens with one attached hydrogen (secondary N) is 1. The summed E-state index contributed by atoms with van der Waals surface area (Å²) in [5, 5.41) is 7.54. The van der Waals surface area contributed by atoms with Crippen molar-refractivity contribution in [1.29, 1.82) is 0 Å². The van der Waals surface area contributed by atoms with Gasteiger partial charge in [-0.25, -0.2) is 9.67 Å². The lowest BCUT2D eigenvalue weighted by atomic mass is 10.2. The predicted octanol–water partition coefficient (Wildman–Crippen LogP) is 2.36. The molecule has 1 unspecified atom stereocenters. The maximum absolute atomic E-state index is 12.9. The van der Waals surface area contributed by atoms with Crippen molar-refractivity contribution in [3.63, 3.8) is 0 Å². The number of ether oxygens (including phenoxy) is 2. The number of rotatable bonds is 6. The van der Waals surface area contributed by atoms with E-state index in [9.17, 15) is 9.59 Å². The first kappa shape index (κ1) is 21.2. The van der Waals surface area contributed by atoms with E-state index in [4.69, 9.17) is 9.47 Å². The van der Waals surface area contributed by atoms with Crippen molar-refractivity contribution in [2.24, 2.45) is 0 Å². The van der Waals surface area contributed by atoms with Gasteiger partial charge in [0.15, 0.2) is 17.1 Å². The van der Waals surface area contributed by atoms with E-state index in [2.05, 4.69) is 31.3 Å². The Morgan fingerprint density at radius 3 is 2.76 bits per heavy atom. The highest BCUT2D eigenvalue weighted by atomic mass is 79.9. The first-order valence-corrected chi connectivity index (χ1v) is 11.2. The SMILES string of the molecule is O=C(NCCn1ncc2c(=O)n(Cc3ccc(Br)cc3)cnc21)C1COc2ccccc2O1. The summed E-state index contributed by atoms with van der Waals surface area (Å²) in [7, 11) is 0. The Morgan fingerprint density at radius 1 is 1.15 bits per heavy atom. The molecule has 0 fully saturated rings. The fraction of sp³-hybridized carbons (Fsp3) is 0.217. The number of nitrogens with zero attached hydrogens (tertiary/aromatic N) is 4. The summed E-state index contributed by atoms with van der Waals surface area (Å²) in [5.41, 5.74) is 1.31. The average Bonchev–Trinajstić information content (AvgIpc) is 3.25. The van der Waals surface area contributed by atoms with Crippen LogP contribution in [0.15, 0.2) is 70.3 Å². The van der Waals surface area contributed by atoms with Crippen molar-refractivity contribution in [1.82, 2.24) is 24.6 Å². The van der Waals surface area contributed by atoms with Gasteiger partial charge in [-0.05, 0) is 29.8 Å². The van der Waals surface area contributed by atoms with E-state index in [1.54, 1.807) is 21.4 Å². The normalized spacial score (nSPS) is 14.9. The molecule has 9 nitrogen and oxygen atoms in total. The lowest BCUT2D eigenvalue weighted by molar-refractivity contribution is -0.130. The molecule has 1 N–H and O–H groups in total. The Hall–Kier alpha value is -3.66. The highest BCUT2D eigenvalue weighted by Crippen LogP contribution is 2.30. The number of aromatic nitrogens is 4. The van der Waals surface area contributed by atoms with E-state index in [1.165, 1.54) is 12.5 Å². The van der Waals surface area contributed by atoms with Crippen molar-refractivity contribution >= 4 is 32.9 Å². The smallest absolute Gasteiger partial charge is 0.264 e. The summed E-state index contributed by atoms with van der Waals surface area (Å²) in [4.78, 5) is 29.8. The zero-order valence-corrected chi connectivity index (χ0v) is 19.1. The van der Waals surface area contributed by atoms with Crippen LogP contribution in [0.1, 0.15) is 5.56 Å². The monoisotopic (exact) mass is 509 g/mol. The molecule has 1 amide bonds. The highest BCUT2D eigenvalue weighted by Gasteiger charge is 2.27. The van der Waals surface area contributed by atoms with Crippen LogP contribution in [0.3, 0.4) is 0 Å². The molecule has 2 aromatic heterocycles. The molecule has 10 heteroatoms. The standard InChI is InChI=1S/C23H20BrN5O4/c24-16-7-5-15(6-8-16)12-28-14-26-21-17(23(28)31)11-27-29(21)10-9-25-22(30)20-13-32-18-3-1-2-4-19(18)33-20/h1-8,11,14,20H,9-10,12-13H2,(H,25,30). The largest absolute Gasteiger partial charge is 0.485 e. The molecule has 3 heterocycles. The average molecular weight is 510 g/mol. The molecule has 168 valence electrons. The Balaban J connectivity index is 1.22. The zero-order valence-electron chi connectivity index (χ0n) is 17.5. The summed E-state index contributed by atoms with van der Waals surface area (Å²) >= 11 is 3.41. The van der Waals surface area contributed by atoms with Crippen LogP contribution in [-0.4, -0.2) is 44.5 Å². The van der Waals surface area contributed by atoms with E-state index >= 15 is 0 Å². The van der Waals surface area contributed by atoms with Gasteiger partial charge in [0.1, 0.15) is 18.3 Å². The van der Waals surface area contributed by atoms with Gasteiger partial charge in [-0.2, -0.15) is 5.10 Å². The molecule has 1 atom stereocenters. The topological polar surface area (TPSA) is 100 Å². The van der Waals surface area contributed by atoms with Crippen LogP contribution in [-0.2, 0) is 17.9 Å². The molecule has 0 aliphatic carbocycles. The van der Waals surface area contributed by atoms with Crippen LogP contribution in [0.5, 0.6) is 11.5 Å². The van der Waals surface area contributed by atoms with Gasteiger partial charge in [0.25, 0.3) is 11.5 Å². The molecule has 2 aromatic carbocycles. The van der Waals surface area contributed by atoms with E-state index < -0.39 is 6.10 Å². The predicted molar refractivity (Wildman–Crippen MR) is 124 cm³/mol. The molecule has 0 radical (unpaired) electrons. The molecular formula is C23H20BrN5O4. The third kappa shape index (κ3) is 4.47. The lowest BCUT2D eigenvalue weighted by Crippen LogP contribution is -2.44. The summed E-state index contributed by atoms with van der Waals surface area (Å²) < 4.78 is 15.4. The molecule has 0 saturated carbocycles. The molecule has 4 aromatic rings. The Bertz CT molecular complexity index is 1370. The number of hydrogen-bond donors (Lipinski definition) is 1. The summed E-state index contributed by atoms with van der Waals surface area (Å²) in [5.74, 6) is 0.901. The summed E-state index contributed by atoms with van der Waals surface area (Å²) in [6.45, 7) is 1.24. The van der Waals surface area contributed by atoms with Crippen molar-refractivity contribution in [2.75, 3.05) is 13.2 Å². The van der Waals surface area contributed by atoms with Crippen LogP contribution in [0.25, 0.3) is 11.0 Å². The van der Waals surface area contributed by atoms with Gasteiger partial charge in [-0.15, -0.1) is 0 Å². The maximum atomic E-state index is 12.9. The van der Waals surface area contributed by atoms with Crippen LogP contribution < -0.4 is 20.3 Å². The van der Waals surface area contributed by atoms with Crippen LogP contribution >= 0.6 is 15.9 Å². The fourth-order valence-corrected chi connectivity index (χ4v) is 3.87. The second-order valence-electron chi connectivity index (χ2n) is 7.56. The highest BCUT2D eigenvalue weighted by molar-refractivity contribution is 9.10. The third-order valence-electron chi connectivity index (χ3n) is 5.31. The maximum Gasteiger partial charge on any atom is 0.264 e. The Morgan fingerprint density at radius 2 is 1.94 bits per heavy atom. The summed E-state index contributed by atoms with van der Waals surface area (Å²) in [6, 6.07) is 15.0. The van der Waals surface area contributed by atoms with Gasteiger partial charge in [0.05, 0.1) is 19.3 Å². The van der Waals surface area contributed by atoms with Gasteiger partial charge in [-0.3, -0.25) is 14.2 Å². The number of carbonyl (C=O) groups is 1. The lowest BCUT2D eigenvalue weighted by Gasteiger charge is -2.25. The van der Waals surface area contributed by atoms with Crippen LogP contribution in [0.4, 0.5) is 0 Å². The van der Waals surface area contributed by atoms with E-state index in [0.717, 1.165) is 10.0 Å². The minimum Gasteiger partial charge on any atom is -0.485 e. The fourth-order valence-electron chi connectivity index (χ4n) is 3.61. The van der Waals surface area contributed by atoms with Gasteiger partial charge in [0, 0.05) is 11.0 Å². The molecule has 33 heavy (non-hydrogen) atoms. The molecule has 1 aliphatic rings. The summed E-state index contributed by atoms with van der Waals surface area (Å²) in [6.07, 6.45) is 2.31. The van der Waals surface area contributed by atoms with Gasteiger partial charge in [-0.1, -0.05) is 40.2 Å². The molecule has 1 aliphatic heterocycles. The molecule has 0 spiro atoms. The molecule has 5 rings (SSSR count). The third-order valence-corrected chi connectivity index (χ3v) is 5.84. The number of benzene rings is 2. The van der Waals surface area contributed by atoms with Gasteiger partial charge >= 0.3 is 0 Å². The molecular weight excluding hydrogens is 490 g/mol. The van der Waals surface area contributed by atoms with E-state index in [-0.39, 0.29) is 18.1 Å². The number of para-hydroxylation sites is 2. The molecule has 0 bridgehead atoms. The zero-order chi connectivity index (χ0) is 22.8. The number of fused-ring (bicyclic) bond motifs is 2. The van der Waals surface area contributed by atoms with Crippen molar-refractivity contribution in [3.05, 3.63) is 81.4 Å². The quantitative estimate of drug-likeness (QED) is 0.428. The van der Waals surface area contributed by atoms with Gasteiger partial charge < -0.3 is 14.8 Å². The first-order valence-electron chi connectivity index (χ1n) is 10.4. The van der Waals surface area contributed by atoms with Crippen LogP contribution in [0.2, 0.25) is 0 Å². The first-order chi connectivity index (χ1) is 16.1.